The van der Waals surface area contributed by atoms with E-state index in [1.807, 2.05) is 0 Å². The molecule has 2 aliphatic rings. The number of carboxylic acid groups (broad SMARTS) is 1. The molecule has 0 atom stereocenters. The number of imide groups is 1. The van der Waals surface area contributed by atoms with Crippen LogP contribution < -0.4 is 5.32 Å². The van der Waals surface area contributed by atoms with E-state index in [0.29, 0.717) is 5.56 Å². The fourth-order valence-electron chi connectivity index (χ4n) is 4.06. The zero-order valence-electron chi connectivity index (χ0n) is 16.1. The largest absolute Gasteiger partial charge is 0.507 e. The Morgan fingerprint density at radius 3 is 2.33 bits per heavy atom. The molecule has 0 saturated heterocycles. The average Bonchev–Trinajstić information content (AvgIpc) is 2.99. The number of phenols is 1. The van der Waals surface area contributed by atoms with Gasteiger partial charge < -0.3 is 15.5 Å². The number of fused-ring (bicyclic) bond motifs is 1. The van der Waals surface area contributed by atoms with Crippen LogP contribution in [0.2, 0.25) is 0 Å². The van der Waals surface area contributed by atoms with Gasteiger partial charge >= 0.3 is 5.97 Å². The van der Waals surface area contributed by atoms with Crippen LogP contribution in [0.25, 0.3) is 0 Å². The summed E-state index contributed by atoms with van der Waals surface area (Å²) in [5, 5.41) is 21.2. The SMILES string of the molecule is O=C(Nc1ccc(O)c(C(=O)O)c1)c1ccc2c(c1)C(=O)N(C1CCCCC1)C2=O. The molecule has 2 aromatic carbocycles. The minimum atomic E-state index is -1.33. The van der Waals surface area contributed by atoms with E-state index in [4.69, 9.17) is 5.11 Å². The molecule has 0 unspecified atom stereocenters. The first-order valence-corrected chi connectivity index (χ1v) is 9.76. The normalized spacial score (nSPS) is 16.5. The third-order valence-electron chi connectivity index (χ3n) is 5.60. The zero-order chi connectivity index (χ0) is 21.4. The number of hydrogen-bond acceptors (Lipinski definition) is 5. The second-order valence-corrected chi connectivity index (χ2v) is 7.52. The molecule has 30 heavy (non-hydrogen) atoms. The van der Waals surface area contributed by atoms with Crippen LogP contribution in [0.3, 0.4) is 0 Å². The number of anilines is 1. The summed E-state index contributed by atoms with van der Waals surface area (Å²) in [7, 11) is 0. The van der Waals surface area contributed by atoms with Crippen LogP contribution in [0.15, 0.2) is 36.4 Å². The number of benzene rings is 2. The van der Waals surface area contributed by atoms with Crippen molar-refractivity contribution in [2.24, 2.45) is 0 Å². The van der Waals surface area contributed by atoms with E-state index >= 15 is 0 Å². The number of nitrogens with one attached hydrogen (secondary N) is 1. The van der Waals surface area contributed by atoms with Crippen molar-refractivity contribution in [2.45, 2.75) is 38.1 Å². The summed E-state index contributed by atoms with van der Waals surface area (Å²) >= 11 is 0. The molecule has 3 amide bonds. The van der Waals surface area contributed by atoms with E-state index in [9.17, 15) is 24.3 Å². The number of aromatic carboxylic acids is 1. The summed E-state index contributed by atoms with van der Waals surface area (Å²) in [6, 6.07) is 7.91. The summed E-state index contributed by atoms with van der Waals surface area (Å²) in [5.74, 6) is -3.00. The molecule has 0 spiro atoms. The highest BCUT2D eigenvalue weighted by Gasteiger charge is 2.40. The molecule has 1 aliphatic heterocycles. The number of carbonyl (C=O) groups is 4. The van der Waals surface area contributed by atoms with Crippen molar-refractivity contribution in [3.63, 3.8) is 0 Å². The van der Waals surface area contributed by atoms with Gasteiger partial charge in [0.2, 0.25) is 0 Å². The first-order chi connectivity index (χ1) is 14.4. The lowest BCUT2D eigenvalue weighted by Gasteiger charge is -2.29. The first-order valence-electron chi connectivity index (χ1n) is 9.76. The van der Waals surface area contributed by atoms with Gasteiger partial charge in [0, 0.05) is 17.3 Å². The summed E-state index contributed by atoms with van der Waals surface area (Å²) in [6.45, 7) is 0. The molecule has 0 bridgehead atoms. The molecule has 8 heteroatoms. The fraction of sp³-hybridized carbons (Fsp3) is 0.273. The third-order valence-corrected chi connectivity index (χ3v) is 5.60. The Kier molecular flexibility index (Phi) is 4.99. The van der Waals surface area contributed by atoms with Crippen LogP contribution in [0.4, 0.5) is 5.69 Å². The van der Waals surface area contributed by atoms with Gasteiger partial charge in [-0.15, -0.1) is 0 Å². The number of aromatic hydroxyl groups is 1. The lowest BCUT2D eigenvalue weighted by molar-refractivity contribution is 0.0547. The lowest BCUT2D eigenvalue weighted by atomic mass is 9.94. The molecule has 4 rings (SSSR count). The van der Waals surface area contributed by atoms with Gasteiger partial charge in [-0.3, -0.25) is 19.3 Å². The van der Waals surface area contributed by atoms with E-state index in [1.54, 1.807) is 0 Å². The summed E-state index contributed by atoms with van der Waals surface area (Å²) in [4.78, 5) is 50.7. The second-order valence-electron chi connectivity index (χ2n) is 7.52. The Balaban J connectivity index is 1.57. The molecule has 1 heterocycles. The molecule has 1 fully saturated rings. The highest BCUT2D eigenvalue weighted by atomic mass is 16.4. The van der Waals surface area contributed by atoms with Crippen molar-refractivity contribution in [2.75, 3.05) is 5.32 Å². The van der Waals surface area contributed by atoms with Crippen molar-refractivity contribution in [3.8, 4) is 5.75 Å². The molecule has 2 aromatic rings. The number of carboxylic acids is 1. The zero-order valence-corrected chi connectivity index (χ0v) is 16.1. The predicted molar refractivity (Wildman–Crippen MR) is 107 cm³/mol. The number of rotatable bonds is 4. The van der Waals surface area contributed by atoms with Gasteiger partial charge in [0.25, 0.3) is 17.7 Å². The van der Waals surface area contributed by atoms with Gasteiger partial charge in [0.05, 0.1) is 11.1 Å². The molecule has 154 valence electrons. The Hall–Kier alpha value is -3.68. The monoisotopic (exact) mass is 408 g/mol. The Morgan fingerprint density at radius 2 is 1.63 bits per heavy atom. The van der Waals surface area contributed by atoms with Crippen molar-refractivity contribution in [3.05, 3.63) is 58.7 Å². The third kappa shape index (κ3) is 3.41. The average molecular weight is 408 g/mol. The minimum Gasteiger partial charge on any atom is -0.507 e. The van der Waals surface area contributed by atoms with Crippen LogP contribution >= 0.6 is 0 Å². The van der Waals surface area contributed by atoms with Crippen LogP contribution in [-0.4, -0.2) is 44.8 Å². The Bertz CT molecular complexity index is 1070. The van der Waals surface area contributed by atoms with Crippen molar-refractivity contribution < 1.29 is 29.4 Å². The molecule has 0 aromatic heterocycles. The standard InChI is InChI=1S/C22H20N2O6/c25-18-9-7-13(11-17(18)22(29)30)23-19(26)12-6-8-15-16(10-12)21(28)24(20(15)27)14-4-2-1-3-5-14/h6-11,14,25H,1-5H2,(H,23,26)(H,29,30). The van der Waals surface area contributed by atoms with Crippen LogP contribution in [0.1, 0.15) is 73.5 Å². The van der Waals surface area contributed by atoms with Gasteiger partial charge in [-0.25, -0.2) is 4.79 Å². The van der Waals surface area contributed by atoms with E-state index in [-0.39, 0.29) is 40.2 Å². The van der Waals surface area contributed by atoms with Gasteiger partial charge in [-0.05, 0) is 49.2 Å². The quantitative estimate of drug-likeness (QED) is 0.527. The van der Waals surface area contributed by atoms with E-state index in [1.165, 1.54) is 35.2 Å². The van der Waals surface area contributed by atoms with E-state index < -0.39 is 17.6 Å². The van der Waals surface area contributed by atoms with E-state index in [2.05, 4.69) is 5.32 Å². The van der Waals surface area contributed by atoms with Crippen LogP contribution in [-0.2, 0) is 0 Å². The first kappa shape index (κ1) is 19.6. The Labute approximate surface area is 172 Å². The molecular formula is C22H20N2O6. The number of carbonyl (C=O) groups excluding carboxylic acids is 3. The molecule has 1 aliphatic carbocycles. The topological polar surface area (TPSA) is 124 Å². The fourth-order valence-corrected chi connectivity index (χ4v) is 4.06. The van der Waals surface area contributed by atoms with Crippen molar-refractivity contribution in [1.29, 1.82) is 0 Å². The lowest BCUT2D eigenvalue weighted by Crippen LogP contribution is -2.40. The number of amides is 3. The van der Waals surface area contributed by atoms with Gasteiger partial charge in [-0.2, -0.15) is 0 Å². The maximum atomic E-state index is 12.9. The molecule has 1 saturated carbocycles. The van der Waals surface area contributed by atoms with Gasteiger partial charge in [0.15, 0.2) is 0 Å². The van der Waals surface area contributed by atoms with Gasteiger partial charge in [-0.1, -0.05) is 19.3 Å². The molecule has 8 nitrogen and oxygen atoms in total. The molecule has 3 N–H and O–H groups in total. The van der Waals surface area contributed by atoms with Crippen LogP contribution in [0.5, 0.6) is 5.75 Å². The number of nitrogens with zero attached hydrogens (tertiary/aromatic N) is 1. The minimum absolute atomic E-state index is 0.102. The highest BCUT2D eigenvalue weighted by molar-refractivity contribution is 6.22. The summed E-state index contributed by atoms with van der Waals surface area (Å²) in [5.41, 5.74) is 0.507. The summed E-state index contributed by atoms with van der Waals surface area (Å²) < 4.78 is 0. The summed E-state index contributed by atoms with van der Waals surface area (Å²) in [6.07, 6.45) is 4.66. The maximum Gasteiger partial charge on any atom is 0.339 e. The smallest absolute Gasteiger partial charge is 0.339 e. The molecule has 0 radical (unpaired) electrons. The van der Waals surface area contributed by atoms with Crippen molar-refractivity contribution >= 4 is 29.4 Å². The maximum absolute atomic E-state index is 12.9. The second kappa shape index (κ2) is 7.62. The Morgan fingerprint density at radius 1 is 0.933 bits per heavy atom. The van der Waals surface area contributed by atoms with Crippen molar-refractivity contribution in [1.82, 2.24) is 4.90 Å². The van der Waals surface area contributed by atoms with Crippen LogP contribution in [0, 0.1) is 0 Å². The van der Waals surface area contributed by atoms with Gasteiger partial charge in [0.1, 0.15) is 11.3 Å². The molecular weight excluding hydrogens is 388 g/mol. The predicted octanol–water partition coefficient (Wildman–Crippen LogP) is 3.27. The number of hydrogen-bond donors (Lipinski definition) is 3. The highest BCUT2D eigenvalue weighted by Crippen LogP contribution is 2.31. The van der Waals surface area contributed by atoms with E-state index in [0.717, 1.165) is 38.2 Å².